The van der Waals surface area contributed by atoms with E-state index in [-0.39, 0.29) is 5.56 Å². The number of aromatic nitrogens is 2. The van der Waals surface area contributed by atoms with Gasteiger partial charge in [0.25, 0.3) is 0 Å². The Morgan fingerprint density at radius 3 is 2.62 bits per heavy atom. The smallest absolute Gasteiger partial charge is 0.337 e. The second-order valence-corrected chi connectivity index (χ2v) is 6.33. The number of carboxylic acid groups (broad SMARTS) is 1. The third-order valence-corrected chi connectivity index (χ3v) is 4.74. The zero-order valence-electron chi connectivity index (χ0n) is 14.2. The van der Waals surface area contributed by atoms with E-state index in [1.54, 1.807) is 24.3 Å². The van der Waals surface area contributed by atoms with Gasteiger partial charge in [-0.3, -0.25) is 0 Å². The van der Waals surface area contributed by atoms with Crippen LogP contribution in [0.4, 0.5) is 17.3 Å². The van der Waals surface area contributed by atoms with Crippen LogP contribution in [0.3, 0.4) is 0 Å². The number of ether oxygens (including phenoxy) is 2. The van der Waals surface area contributed by atoms with Crippen LogP contribution in [0, 0.1) is 0 Å². The average molecular weight is 356 g/mol. The van der Waals surface area contributed by atoms with Crippen molar-refractivity contribution in [1.29, 1.82) is 0 Å². The molecule has 1 aromatic heterocycles. The third kappa shape index (κ3) is 3.33. The lowest BCUT2D eigenvalue weighted by molar-refractivity contribution is -0.169. The molecule has 0 bridgehead atoms. The monoisotopic (exact) mass is 356 g/mol. The molecule has 2 aromatic rings. The van der Waals surface area contributed by atoms with Crippen LogP contribution in [-0.4, -0.2) is 53.1 Å². The predicted molar refractivity (Wildman–Crippen MR) is 94.8 cm³/mol. The number of benzene rings is 1. The van der Waals surface area contributed by atoms with E-state index >= 15 is 0 Å². The maximum absolute atomic E-state index is 11.3. The summed E-state index contributed by atoms with van der Waals surface area (Å²) in [6.45, 7) is 2.87. The zero-order chi connectivity index (χ0) is 18.0. The largest absolute Gasteiger partial charge is 0.478 e. The zero-order valence-corrected chi connectivity index (χ0v) is 14.2. The van der Waals surface area contributed by atoms with Gasteiger partial charge in [-0.25, -0.2) is 14.8 Å². The van der Waals surface area contributed by atoms with Gasteiger partial charge in [0.1, 0.15) is 18.0 Å². The third-order valence-electron chi connectivity index (χ3n) is 4.74. The van der Waals surface area contributed by atoms with Gasteiger partial charge in [0.05, 0.1) is 24.5 Å². The molecule has 0 unspecified atom stereocenters. The van der Waals surface area contributed by atoms with Crippen LogP contribution < -0.4 is 10.2 Å². The van der Waals surface area contributed by atoms with Crippen LogP contribution in [0.25, 0.3) is 0 Å². The number of carbonyl (C=O) groups is 1. The fourth-order valence-corrected chi connectivity index (χ4v) is 3.37. The molecule has 26 heavy (non-hydrogen) atoms. The lowest BCUT2D eigenvalue weighted by Gasteiger charge is -2.38. The Hall–Kier alpha value is -2.71. The van der Waals surface area contributed by atoms with E-state index in [4.69, 9.17) is 9.47 Å². The van der Waals surface area contributed by atoms with Crippen LogP contribution in [0.5, 0.6) is 0 Å². The molecule has 8 nitrogen and oxygen atoms in total. The highest BCUT2D eigenvalue weighted by molar-refractivity contribution is 5.95. The van der Waals surface area contributed by atoms with Gasteiger partial charge >= 0.3 is 5.97 Å². The number of piperidine rings is 1. The van der Waals surface area contributed by atoms with Crippen molar-refractivity contribution < 1.29 is 19.4 Å². The molecule has 2 N–H and O–H groups in total. The second kappa shape index (κ2) is 6.89. The van der Waals surface area contributed by atoms with Crippen molar-refractivity contribution in [2.24, 2.45) is 0 Å². The Labute approximate surface area is 150 Å². The van der Waals surface area contributed by atoms with E-state index < -0.39 is 11.8 Å². The number of anilines is 3. The summed E-state index contributed by atoms with van der Waals surface area (Å²) in [5.41, 5.74) is 0.693. The molecule has 4 rings (SSSR count). The number of nitrogens with one attached hydrogen (secondary N) is 1. The number of nitrogens with zero attached hydrogens (tertiary/aromatic N) is 3. The second-order valence-electron chi connectivity index (χ2n) is 6.33. The Morgan fingerprint density at radius 2 is 1.88 bits per heavy atom. The van der Waals surface area contributed by atoms with E-state index in [1.807, 2.05) is 6.07 Å². The number of carboxylic acids is 1. The lowest BCUT2D eigenvalue weighted by Crippen LogP contribution is -2.45. The van der Waals surface area contributed by atoms with Crippen LogP contribution in [0.15, 0.2) is 36.7 Å². The van der Waals surface area contributed by atoms with Gasteiger partial charge in [-0.1, -0.05) is 12.1 Å². The molecule has 0 saturated carbocycles. The Kier molecular flexibility index (Phi) is 4.44. The van der Waals surface area contributed by atoms with Crippen LogP contribution in [0.2, 0.25) is 0 Å². The van der Waals surface area contributed by atoms with Gasteiger partial charge < -0.3 is 24.8 Å². The molecule has 2 aliphatic heterocycles. The quantitative estimate of drug-likeness (QED) is 0.861. The highest BCUT2D eigenvalue weighted by Gasteiger charge is 2.40. The number of hydrogen-bond acceptors (Lipinski definition) is 7. The first-order valence-corrected chi connectivity index (χ1v) is 8.59. The molecule has 1 spiro atoms. The van der Waals surface area contributed by atoms with E-state index in [2.05, 4.69) is 20.2 Å². The normalized spacial score (nSPS) is 18.8. The lowest BCUT2D eigenvalue weighted by atomic mass is 10.0. The molecule has 2 aliphatic rings. The molecular formula is C18H20N4O4. The first-order chi connectivity index (χ1) is 12.7. The summed E-state index contributed by atoms with van der Waals surface area (Å²) in [7, 11) is 0. The number of rotatable bonds is 4. The highest BCUT2D eigenvalue weighted by Crippen LogP contribution is 2.33. The number of para-hydroxylation sites is 1. The molecule has 136 valence electrons. The van der Waals surface area contributed by atoms with Gasteiger partial charge in [0.2, 0.25) is 0 Å². The SMILES string of the molecule is O=C(O)c1ccccc1Nc1cc(N2CCC3(CC2)OCCO3)ncn1. The van der Waals surface area contributed by atoms with Gasteiger partial charge in [-0.2, -0.15) is 0 Å². The Morgan fingerprint density at radius 1 is 1.15 bits per heavy atom. The van der Waals surface area contributed by atoms with Crippen LogP contribution in [-0.2, 0) is 9.47 Å². The number of hydrogen-bond donors (Lipinski definition) is 2. The first-order valence-electron chi connectivity index (χ1n) is 8.59. The van der Waals surface area contributed by atoms with Gasteiger partial charge in [0.15, 0.2) is 5.79 Å². The molecule has 0 amide bonds. The topological polar surface area (TPSA) is 96.8 Å². The summed E-state index contributed by atoms with van der Waals surface area (Å²) in [5.74, 6) is -0.0637. The van der Waals surface area contributed by atoms with Crippen molar-refractivity contribution in [3.63, 3.8) is 0 Å². The standard InChI is InChI=1S/C18H20N4O4/c23-17(24)13-3-1-2-4-14(13)21-15-11-16(20-12-19-15)22-7-5-18(6-8-22)25-9-10-26-18/h1-4,11-12H,5-10H2,(H,23,24)(H,19,20,21). The fourth-order valence-electron chi connectivity index (χ4n) is 3.37. The van der Waals surface area contributed by atoms with E-state index in [0.29, 0.717) is 24.7 Å². The molecule has 0 aliphatic carbocycles. The van der Waals surface area contributed by atoms with Crippen LogP contribution >= 0.6 is 0 Å². The van der Waals surface area contributed by atoms with Crippen LogP contribution in [0.1, 0.15) is 23.2 Å². The average Bonchev–Trinajstić information content (AvgIpc) is 3.11. The van der Waals surface area contributed by atoms with Crippen molar-refractivity contribution in [2.45, 2.75) is 18.6 Å². The van der Waals surface area contributed by atoms with Crippen molar-refractivity contribution in [2.75, 3.05) is 36.5 Å². The van der Waals surface area contributed by atoms with Gasteiger partial charge in [-0.05, 0) is 12.1 Å². The fraction of sp³-hybridized carbons (Fsp3) is 0.389. The molecule has 8 heteroatoms. The minimum absolute atomic E-state index is 0.197. The minimum atomic E-state index is -0.986. The summed E-state index contributed by atoms with van der Waals surface area (Å²) in [5, 5.41) is 12.4. The maximum Gasteiger partial charge on any atom is 0.337 e. The summed E-state index contributed by atoms with van der Waals surface area (Å²) in [6.07, 6.45) is 3.07. The molecular weight excluding hydrogens is 336 g/mol. The molecule has 0 atom stereocenters. The summed E-state index contributed by atoms with van der Waals surface area (Å²) in [4.78, 5) is 22.1. The first kappa shape index (κ1) is 16.7. The van der Waals surface area contributed by atoms with Crippen molar-refractivity contribution in [1.82, 2.24) is 9.97 Å². The molecule has 0 radical (unpaired) electrons. The van der Waals surface area contributed by atoms with Gasteiger partial charge in [0, 0.05) is 32.0 Å². The van der Waals surface area contributed by atoms with Gasteiger partial charge in [-0.15, -0.1) is 0 Å². The van der Waals surface area contributed by atoms with Crippen molar-refractivity contribution in [3.05, 3.63) is 42.2 Å². The molecule has 2 fully saturated rings. The summed E-state index contributed by atoms with van der Waals surface area (Å²) >= 11 is 0. The molecule has 2 saturated heterocycles. The summed E-state index contributed by atoms with van der Waals surface area (Å²) < 4.78 is 11.5. The predicted octanol–water partition coefficient (Wildman–Crippen LogP) is 2.26. The van der Waals surface area contributed by atoms with E-state index in [0.717, 1.165) is 31.7 Å². The molecule has 3 heterocycles. The molecule has 1 aromatic carbocycles. The van der Waals surface area contributed by atoms with Crippen molar-refractivity contribution in [3.8, 4) is 0 Å². The number of aromatic carboxylic acids is 1. The summed E-state index contributed by atoms with van der Waals surface area (Å²) in [6, 6.07) is 8.56. The van der Waals surface area contributed by atoms with E-state index in [1.165, 1.54) is 6.33 Å². The minimum Gasteiger partial charge on any atom is -0.478 e. The highest BCUT2D eigenvalue weighted by atomic mass is 16.7. The Balaban J connectivity index is 1.48. The maximum atomic E-state index is 11.3. The van der Waals surface area contributed by atoms with Crippen molar-refractivity contribution >= 4 is 23.3 Å². The Bertz CT molecular complexity index is 797. The van der Waals surface area contributed by atoms with E-state index in [9.17, 15) is 9.90 Å².